The van der Waals surface area contributed by atoms with Gasteiger partial charge in [-0.3, -0.25) is 9.59 Å². The van der Waals surface area contributed by atoms with E-state index in [9.17, 15) is 19.8 Å². The lowest BCUT2D eigenvalue weighted by atomic mass is 10.0. The van der Waals surface area contributed by atoms with Crippen LogP contribution >= 0.6 is 0 Å². The first-order valence-corrected chi connectivity index (χ1v) is 30.8. The van der Waals surface area contributed by atoms with Gasteiger partial charge in [0.15, 0.2) is 0 Å². The van der Waals surface area contributed by atoms with E-state index in [1.807, 2.05) is 0 Å². The molecule has 6 nitrogen and oxygen atoms in total. The number of nitrogens with one attached hydrogen (secondary N) is 1. The molecule has 0 aromatic rings. The van der Waals surface area contributed by atoms with Gasteiger partial charge in [-0.15, -0.1) is 0 Å². The van der Waals surface area contributed by atoms with Crippen molar-refractivity contribution in [1.29, 1.82) is 0 Å². The SMILES string of the molecule is CCCCCCCCCCCCCCCCCCCCCCC(O)C(CO)NC(=O)CCCCCCCCCCCCCCCCOC(=O)CCCCCCCCCCCCCCCCCC. The van der Waals surface area contributed by atoms with Crippen molar-refractivity contribution in [2.24, 2.45) is 0 Å². The topological polar surface area (TPSA) is 95.9 Å². The maximum atomic E-state index is 12.5. The Kier molecular flexibility index (Phi) is 56.5. The molecule has 2 atom stereocenters. The van der Waals surface area contributed by atoms with Gasteiger partial charge < -0.3 is 20.3 Å². The molecule has 400 valence electrons. The van der Waals surface area contributed by atoms with Crippen LogP contribution in [0.1, 0.15) is 354 Å². The molecule has 0 aromatic carbocycles. The Hall–Kier alpha value is -1.14. The Labute approximate surface area is 419 Å². The van der Waals surface area contributed by atoms with E-state index >= 15 is 0 Å². The van der Waals surface area contributed by atoms with Crippen molar-refractivity contribution in [2.45, 2.75) is 366 Å². The van der Waals surface area contributed by atoms with Crippen LogP contribution in [0.4, 0.5) is 0 Å². The quantitative estimate of drug-likeness (QED) is 0.0417. The van der Waals surface area contributed by atoms with Crippen molar-refractivity contribution >= 4 is 11.9 Å². The van der Waals surface area contributed by atoms with Crippen molar-refractivity contribution in [3.05, 3.63) is 0 Å². The highest BCUT2D eigenvalue weighted by atomic mass is 16.5. The summed E-state index contributed by atoms with van der Waals surface area (Å²) in [7, 11) is 0. The van der Waals surface area contributed by atoms with Crippen LogP contribution < -0.4 is 5.32 Å². The molecular weight excluding hydrogens is 827 g/mol. The van der Waals surface area contributed by atoms with Crippen LogP contribution in [0.25, 0.3) is 0 Å². The predicted octanol–water partition coefficient (Wildman–Crippen LogP) is 19.1. The molecule has 0 aromatic heterocycles. The van der Waals surface area contributed by atoms with Crippen LogP contribution in [0, 0.1) is 0 Å². The van der Waals surface area contributed by atoms with Gasteiger partial charge in [0, 0.05) is 12.8 Å². The summed E-state index contributed by atoms with van der Waals surface area (Å²) in [6.07, 6.45) is 66.7. The minimum Gasteiger partial charge on any atom is -0.466 e. The van der Waals surface area contributed by atoms with E-state index in [4.69, 9.17) is 4.74 Å². The normalized spacial score (nSPS) is 12.5. The molecule has 0 aliphatic carbocycles. The molecule has 67 heavy (non-hydrogen) atoms. The van der Waals surface area contributed by atoms with Gasteiger partial charge >= 0.3 is 5.97 Å². The maximum absolute atomic E-state index is 12.5. The second-order valence-electron chi connectivity index (χ2n) is 21.4. The average Bonchev–Trinajstić information content (AvgIpc) is 3.33. The average molecular weight is 949 g/mol. The van der Waals surface area contributed by atoms with E-state index in [1.54, 1.807) is 0 Å². The molecule has 0 aliphatic heterocycles. The zero-order valence-electron chi connectivity index (χ0n) is 45.7. The molecule has 0 rings (SSSR count). The van der Waals surface area contributed by atoms with Gasteiger partial charge in [0.25, 0.3) is 0 Å². The first-order chi connectivity index (χ1) is 33.0. The van der Waals surface area contributed by atoms with E-state index in [-0.39, 0.29) is 18.5 Å². The Morgan fingerprint density at radius 2 is 0.612 bits per heavy atom. The number of hydrogen-bond donors (Lipinski definition) is 3. The number of carbonyl (C=O) groups excluding carboxylic acids is 2. The first kappa shape index (κ1) is 65.9. The molecule has 0 saturated carbocycles. The highest BCUT2D eigenvalue weighted by molar-refractivity contribution is 5.76. The van der Waals surface area contributed by atoms with Crippen LogP contribution in [0.15, 0.2) is 0 Å². The Morgan fingerprint density at radius 3 is 0.910 bits per heavy atom. The molecule has 2 unspecified atom stereocenters. The molecule has 0 fully saturated rings. The summed E-state index contributed by atoms with van der Waals surface area (Å²) in [6, 6.07) is -0.549. The van der Waals surface area contributed by atoms with Gasteiger partial charge in [-0.2, -0.15) is 0 Å². The standard InChI is InChI=1S/C61H121NO5/c1-3-5-7-9-11-13-15-17-19-21-22-23-24-25-29-33-37-41-45-49-53-59(64)58(57-63)62-60(65)54-50-46-42-38-34-30-27-28-32-36-40-44-48-52-56-67-61(66)55-51-47-43-39-35-31-26-20-18-16-14-12-10-8-6-4-2/h58-59,63-64H,3-57H2,1-2H3,(H,62,65). The van der Waals surface area contributed by atoms with Crippen molar-refractivity contribution in [3.8, 4) is 0 Å². The molecule has 6 heteroatoms. The van der Waals surface area contributed by atoms with Crippen molar-refractivity contribution in [3.63, 3.8) is 0 Å². The fraction of sp³-hybridized carbons (Fsp3) is 0.967. The van der Waals surface area contributed by atoms with Crippen molar-refractivity contribution in [2.75, 3.05) is 13.2 Å². The third-order valence-corrected chi connectivity index (χ3v) is 14.7. The predicted molar refractivity (Wildman–Crippen MR) is 292 cm³/mol. The number of amides is 1. The molecular formula is C61H121NO5. The first-order valence-electron chi connectivity index (χ1n) is 30.8. The third kappa shape index (κ3) is 54.0. The largest absolute Gasteiger partial charge is 0.466 e. The van der Waals surface area contributed by atoms with Crippen molar-refractivity contribution < 1.29 is 24.5 Å². The van der Waals surface area contributed by atoms with Crippen LogP contribution in [0.2, 0.25) is 0 Å². The van der Waals surface area contributed by atoms with E-state index in [1.165, 1.54) is 270 Å². The minimum atomic E-state index is -0.671. The Morgan fingerprint density at radius 1 is 0.358 bits per heavy atom. The second kappa shape index (κ2) is 57.4. The van der Waals surface area contributed by atoms with Gasteiger partial charge in [0.2, 0.25) is 5.91 Å². The van der Waals surface area contributed by atoms with E-state index in [0.717, 1.165) is 51.4 Å². The van der Waals surface area contributed by atoms with Crippen LogP contribution in [-0.2, 0) is 14.3 Å². The van der Waals surface area contributed by atoms with Gasteiger partial charge in [-0.1, -0.05) is 316 Å². The van der Waals surface area contributed by atoms with Gasteiger partial charge in [0.05, 0.1) is 25.4 Å². The lowest BCUT2D eigenvalue weighted by Crippen LogP contribution is -2.45. The smallest absolute Gasteiger partial charge is 0.305 e. The second-order valence-corrected chi connectivity index (χ2v) is 21.4. The van der Waals surface area contributed by atoms with Gasteiger partial charge in [-0.05, 0) is 25.7 Å². The lowest BCUT2D eigenvalue weighted by Gasteiger charge is -2.22. The zero-order chi connectivity index (χ0) is 48.6. The summed E-state index contributed by atoms with van der Waals surface area (Å²) in [5, 5.41) is 23.3. The number of hydrogen-bond acceptors (Lipinski definition) is 5. The maximum Gasteiger partial charge on any atom is 0.305 e. The molecule has 0 saturated heterocycles. The molecule has 0 spiro atoms. The Balaban J connectivity index is 3.41. The van der Waals surface area contributed by atoms with Crippen molar-refractivity contribution in [1.82, 2.24) is 5.32 Å². The number of esters is 1. The summed E-state index contributed by atoms with van der Waals surface area (Å²) < 4.78 is 5.49. The van der Waals surface area contributed by atoms with E-state index in [2.05, 4.69) is 19.2 Å². The van der Waals surface area contributed by atoms with Gasteiger partial charge in [0.1, 0.15) is 0 Å². The molecule has 1 amide bonds. The molecule has 0 radical (unpaired) electrons. The van der Waals surface area contributed by atoms with Crippen LogP contribution in [0.5, 0.6) is 0 Å². The summed E-state index contributed by atoms with van der Waals surface area (Å²) in [5.41, 5.74) is 0. The number of aliphatic hydroxyl groups is 2. The van der Waals surface area contributed by atoms with Gasteiger partial charge in [-0.25, -0.2) is 0 Å². The minimum absolute atomic E-state index is 0.00277. The zero-order valence-corrected chi connectivity index (χ0v) is 45.7. The summed E-state index contributed by atoms with van der Waals surface area (Å²) in [4.78, 5) is 24.6. The fourth-order valence-corrected chi connectivity index (χ4v) is 9.94. The highest BCUT2D eigenvalue weighted by Gasteiger charge is 2.20. The fourth-order valence-electron chi connectivity index (χ4n) is 9.94. The number of rotatable bonds is 58. The Bertz CT molecular complexity index is 959. The van der Waals surface area contributed by atoms with E-state index in [0.29, 0.717) is 25.9 Å². The number of unbranched alkanes of at least 4 members (excludes halogenated alkanes) is 47. The third-order valence-electron chi connectivity index (χ3n) is 14.7. The molecule has 0 heterocycles. The number of carbonyl (C=O) groups is 2. The summed E-state index contributed by atoms with van der Waals surface area (Å²) in [5.74, 6) is -0.0380. The van der Waals surface area contributed by atoms with E-state index < -0.39 is 12.1 Å². The number of ether oxygens (including phenoxy) is 1. The molecule has 0 bridgehead atoms. The highest BCUT2D eigenvalue weighted by Crippen LogP contribution is 2.18. The lowest BCUT2D eigenvalue weighted by molar-refractivity contribution is -0.143. The molecule has 0 aliphatic rings. The summed E-state index contributed by atoms with van der Waals surface area (Å²) in [6.45, 7) is 4.97. The van der Waals surface area contributed by atoms with Crippen LogP contribution in [0.3, 0.4) is 0 Å². The number of aliphatic hydroxyl groups excluding tert-OH is 2. The monoisotopic (exact) mass is 948 g/mol. The summed E-state index contributed by atoms with van der Waals surface area (Å²) >= 11 is 0. The molecule has 3 N–H and O–H groups in total. The van der Waals surface area contributed by atoms with Crippen LogP contribution in [-0.4, -0.2) is 47.4 Å².